The number of hydrogen-bond acceptors (Lipinski definition) is 5. The summed E-state index contributed by atoms with van der Waals surface area (Å²) in [6.07, 6.45) is 2.35. The van der Waals surface area contributed by atoms with Gasteiger partial charge in [0, 0.05) is 0 Å². The Bertz CT molecular complexity index is 520. The second kappa shape index (κ2) is 4.08. The number of rotatable bonds is 4. The molecule has 2 aromatic heterocycles. The third-order valence-corrected chi connectivity index (χ3v) is 2.02. The van der Waals surface area contributed by atoms with Crippen LogP contribution in [0, 0.1) is 10.1 Å². The van der Waals surface area contributed by atoms with Crippen molar-refractivity contribution >= 4 is 11.7 Å². The third-order valence-electron chi connectivity index (χ3n) is 2.02. The highest BCUT2D eigenvalue weighted by Gasteiger charge is 2.12. The summed E-state index contributed by atoms with van der Waals surface area (Å²) in [5, 5.41) is 22.8. The van der Waals surface area contributed by atoms with Crippen LogP contribution in [0.1, 0.15) is 16.3 Å². The summed E-state index contributed by atoms with van der Waals surface area (Å²) in [5.41, 5.74) is -0.130. The summed E-state index contributed by atoms with van der Waals surface area (Å²) in [6.45, 7) is 0.140. The first-order valence-corrected chi connectivity index (χ1v) is 4.55. The summed E-state index contributed by atoms with van der Waals surface area (Å²) in [5.74, 6) is -0.982. The van der Waals surface area contributed by atoms with Crippen LogP contribution in [0.15, 0.2) is 28.9 Å². The first-order valence-electron chi connectivity index (χ1n) is 4.55. The zero-order valence-corrected chi connectivity index (χ0v) is 8.44. The molecule has 0 fully saturated rings. The summed E-state index contributed by atoms with van der Waals surface area (Å²) >= 11 is 0. The minimum atomic E-state index is -1.16. The molecule has 0 spiro atoms. The molecule has 0 saturated carbocycles. The van der Waals surface area contributed by atoms with Crippen molar-refractivity contribution in [3.63, 3.8) is 0 Å². The van der Waals surface area contributed by atoms with Gasteiger partial charge >= 0.3 is 11.7 Å². The normalized spacial score (nSPS) is 10.4. The maximum atomic E-state index is 10.6. The average Bonchev–Trinajstić information content (AvgIpc) is 2.87. The number of nitro groups is 1. The SMILES string of the molecule is O=C(O)c1ccc(Cn2cc([N+](=O)[O-])cn2)o1. The van der Waals surface area contributed by atoms with Gasteiger partial charge in [0.05, 0.1) is 11.5 Å². The number of furan rings is 1. The Morgan fingerprint density at radius 3 is 2.88 bits per heavy atom. The van der Waals surface area contributed by atoms with Gasteiger partial charge < -0.3 is 9.52 Å². The van der Waals surface area contributed by atoms with Crippen molar-refractivity contribution in [1.82, 2.24) is 9.78 Å². The van der Waals surface area contributed by atoms with Gasteiger partial charge in [-0.3, -0.25) is 14.8 Å². The lowest BCUT2D eigenvalue weighted by Crippen LogP contribution is -1.99. The van der Waals surface area contributed by atoms with Crippen LogP contribution in [0.2, 0.25) is 0 Å². The van der Waals surface area contributed by atoms with Gasteiger partial charge in [-0.15, -0.1) is 0 Å². The molecule has 0 aromatic carbocycles. The van der Waals surface area contributed by atoms with Gasteiger partial charge in [0.15, 0.2) is 0 Å². The Morgan fingerprint density at radius 1 is 1.59 bits per heavy atom. The molecular formula is C9H7N3O5. The van der Waals surface area contributed by atoms with Gasteiger partial charge in [0.25, 0.3) is 0 Å². The highest BCUT2D eigenvalue weighted by atomic mass is 16.6. The molecule has 2 heterocycles. The van der Waals surface area contributed by atoms with E-state index in [4.69, 9.17) is 9.52 Å². The van der Waals surface area contributed by atoms with E-state index in [-0.39, 0.29) is 18.0 Å². The van der Waals surface area contributed by atoms with Crippen molar-refractivity contribution in [2.75, 3.05) is 0 Å². The van der Waals surface area contributed by atoms with E-state index in [9.17, 15) is 14.9 Å². The molecule has 0 unspecified atom stereocenters. The highest BCUT2D eigenvalue weighted by Crippen LogP contribution is 2.12. The van der Waals surface area contributed by atoms with Gasteiger partial charge in [-0.05, 0) is 12.1 Å². The Labute approximate surface area is 94.2 Å². The van der Waals surface area contributed by atoms with E-state index in [1.54, 1.807) is 0 Å². The van der Waals surface area contributed by atoms with Crippen LogP contribution in [0.3, 0.4) is 0 Å². The van der Waals surface area contributed by atoms with Gasteiger partial charge in [-0.25, -0.2) is 4.79 Å². The van der Waals surface area contributed by atoms with E-state index in [1.807, 2.05) is 0 Å². The van der Waals surface area contributed by atoms with Crippen LogP contribution < -0.4 is 0 Å². The summed E-state index contributed by atoms with van der Waals surface area (Å²) in [4.78, 5) is 20.4. The first-order chi connectivity index (χ1) is 8.06. The van der Waals surface area contributed by atoms with Crippen molar-refractivity contribution in [3.8, 4) is 0 Å². The number of carboxylic acids is 1. The van der Waals surface area contributed by atoms with Gasteiger partial charge in [-0.1, -0.05) is 0 Å². The number of carboxylic acid groups (broad SMARTS) is 1. The van der Waals surface area contributed by atoms with Crippen molar-refractivity contribution in [2.45, 2.75) is 6.54 Å². The van der Waals surface area contributed by atoms with E-state index < -0.39 is 10.9 Å². The molecule has 88 valence electrons. The number of aromatic nitrogens is 2. The molecule has 0 bridgehead atoms. The largest absolute Gasteiger partial charge is 0.475 e. The molecule has 0 amide bonds. The molecule has 0 aliphatic carbocycles. The maximum absolute atomic E-state index is 10.6. The van der Waals surface area contributed by atoms with Crippen molar-refractivity contribution < 1.29 is 19.2 Å². The predicted molar refractivity (Wildman–Crippen MR) is 53.7 cm³/mol. The second-order valence-corrected chi connectivity index (χ2v) is 3.22. The minimum absolute atomic E-state index is 0.130. The van der Waals surface area contributed by atoms with Crippen LogP contribution in [-0.2, 0) is 6.54 Å². The van der Waals surface area contributed by atoms with E-state index >= 15 is 0 Å². The van der Waals surface area contributed by atoms with Crippen LogP contribution in [-0.4, -0.2) is 25.8 Å². The fourth-order valence-corrected chi connectivity index (χ4v) is 1.27. The molecule has 0 radical (unpaired) electrons. The zero-order valence-electron chi connectivity index (χ0n) is 8.44. The van der Waals surface area contributed by atoms with E-state index in [0.717, 1.165) is 6.20 Å². The summed E-state index contributed by atoms with van der Waals surface area (Å²) in [6, 6.07) is 2.80. The minimum Gasteiger partial charge on any atom is -0.475 e. The molecule has 0 aliphatic heterocycles. The molecule has 0 aliphatic rings. The van der Waals surface area contributed by atoms with Crippen LogP contribution in [0.5, 0.6) is 0 Å². The molecule has 1 N–H and O–H groups in total. The average molecular weight is 237 g/mol. The molecule has 8 nitrogen and oxygen atoms in total. The van der Waals surface area contributed by atoms with Gasteiger partial charge in [0.1, 0.15) is 18.2 Å². The maximum Gasteiger partial charge on any atom is 0.371 e. The van der Waals surface area contributed by atoms with Gasteiger partial charge in [0.2, 0.25) is 5.76 Å². The smallest absolute Gasteiger partial charge is 0.371 e. The van der Waals surface area contributed by atoms with Crippen LogP contribution in [0.25, 0.3) is 0 Å². The summed E-state index contributed by atoms with van der Waals surface area (Å²) < 4.78 is 6.28. The number of aromatic carboxylic acids is 1. The first kappa shape index (κ1) is 10.9. The number of hydrogen-bond donors (Lipinski definition) is 1. The molecule has 2 aromatic rings. The van der Waals surface area contributed by atoms with E-state index in [0.29, 0.717) is 5.76 Å². The Hall–Kier alpha value is -2.64. The van der Waals surface area contributed by atoms with Crippen molar-refractivity contribution in [1.29, 1.82) is 0 Å². The fraction of sp³-hybridized carbons (Fsp3) is 0.111. The lowest BCUT2D eigenvalue weighted by atomic mass is 10.4. The molecule has 17 heavy (non-hydrogen) atoms. The fourth-order valence-electron chi connectivity index (χ4n) is 1.27. The quantitative estimate of drug-likeness (QED) is 0.630. The second-order valence-electron chi connectivity index (χ2n) is 3.22. The Kier molecular flexibility index (Phi) is 2.61. The molecular weight excluding hydrogens is 230 g/mol. The lowest BCUT2D eigenvalue weighted by molar-refractivity contribution is -0.385. The van der Waals surface area contributed by atoms with Crippen molar-refractivity contribution in [2.24, 2.45) is 0 Å². The molecule has 8 heteroatoms. The monoisotopic (exact) mass is 237 g/mol. The van der Waals surface area contributed by atoms with Crippen LogP contribution in [0.4, 0.5) is 5.69 Å². The number of carbonyl (C=O) groups is 1. The molecule has 2 rings (SSSR count). The highest BCUT2D eigenvalue weighted by molar-refractivity contribution is 5.84. The van der Waals surface area contributed by atoms with E-state index in [1.165, 1.54) is 23.0 Å². The topological polar surface area (TPSA) is 111 Å². The zero-order chi connectivity index (χ0) is 12.4. The molecule has 0 atom stereocenters. The summed E-state index contributed by atoms with van der Waals surface area (Å²) in [7, 11) is 0. The number of nitrogens with zero attached hydrogens (tertiary/aromatic N) is 3. The third kappa shape index (κ3) is 2.30. The predicted octanol–water partition coefficient (Wildman–Crippen LogP) is 1.13. The lowest BCUT2D eigenvalue weighted by Gasteiger charge is -1.95. The Morgan fingerprint density at radius 2 is 2.35 bits per heavy atom. The van der Waals surface area contributed by atoms with Crippen LogP contribution >= 0.6 is 0 Å². The van der Waals surface area contributed by atoms with E-state index in [2.05, 4.69) is 5.10 Å². The Balaban J connectivity index is 2.13. The van der Waals surface area contributed by atoms with Gasteiger partial charge in [-0.2, -0.15) is 5.10 Å². The molecule has 0 saturated heterocycles. The van der Waals surface area contributed by atoms with Crippen molar-refractivity contribution in [3.05, 3.63) is 46.2 Å². The standard InChI is InChI=1S/C9H7N3O5/c13-9(14)8-2-1-7(17-8)5-11-4-6(3-10-11)12(15)16/h1-4H,5H2,(H,13,14).